The maximum absolute atomic E-state index is 13.3. The summed E-state index contributed by atoms with van der Waals surface area (Å²) in [7, 11) is -2.31. The summed E-state index contributed by atoms with van der Waals surface area (Å²) in [5, 5.41) is 0. The Balaban J connectivity index is 1.61. The van der Waals surface area contributed by atoms with Crippen molar-refractivity contribution < 1.29 is 27.1 Å². The topological polar surface area (TPSA) is 92.8 Å². The number of sulfonamides is 1. The van der Waals surface area contributed by atoms with Crippen LogP contribution in [0, 0.1) is 12.7 Å². The minimum absolute atomic E-state index is 0.0245. The number of esters is 1. The molecule has 7 nitrogen and oxygen atoms in total. The van der Waals surface area contributed by atoms with Crippen molar-refractivity contribution in [2.75, 3.05) is 11.8 Å². The normalized spacial score (nSPS) is 12.0. The number of amides is 1. The van der Waals surface area contributed by atoms with E-state index in [4.69, 9.17) is 4.74 Å². The average Bonchev–Trinajstić information content (AvgIpc) is 2.80. The van der Waals surface area contributed by atoms with Crippen LogP contribution < -0.4 is 4.72 Å². The number of hydrogen-bond donors (Lipinski definition) is 1. The Hall–Kier alpha value is -3.72. The van der Waals surface area contributed by atoms with Crippen LogP contribution in [0.3, 0.4) is 0 Å². The van der Waals surface area contributed by atoms with E-state index in [1.807, 2.05) is 6.92 Å². The number of carbonyl (C=O) groups excluding carboxylic acids is 2. The summed E-state index contributed by atoms with van der Waals surface area (Å²) in [5.41, 5.74) is 2.12. The SMILES string of the molecule is Cc1ccc(NS(=O)(=O)c2ccc(C(=O)OC(C)C(=O)N(C)Cc3cccc(F)c3)cc2)cc1. The zero-order valence-electron chi connectivity index (χ0n) is 19.0. The van der Waals surface area contributed by atoms with E-state index in [2.05, 4.69) is 4.72 Å². The lowest BCUT2D eigenvalue weighted by atomic mass is 10.2. The van der Waals surface area contributed by atoms with Gasteiger partial charge in [-0.15, -0.1) is 0 Å². The first-order chi connectivity index (χ1) is 16.0. The van der Waals surface area contributed by atoms with Crippen LogP contribution >= 0.6 is 0 Å². The first-order valence-electron chi connectivity index (χ1n) is 10.4. The molecule has 0 radical (unpaired) electrons. The number of ether oxygens (including phenoxy) is 1. The van der Waals surface area contributed by atoms with Crippen LogP contribution in [-0.4, -0.2) is 38.3 Å². The van der Waals surface area contributed by atoms with Crippen molar-refractivity contribution >= 4 is 27.6 Å². The quantitative estimate of drug-likeness (QED) is 0.485. The maximum Gasteiger partial charge on any atom is 0.338 e. The summed E-state index contributed by atoms with van der Waals surface area (Å²) in [5.74, 6) is -1.63. The lowest BCUT2D eigenvalue weighted by molar-refractivity contribution is -0.139. The van der Waals surface area contributed by atoms with E-state index in [9.17, 15) is 22.4 Å². The number of benzene rings is 3. The predicted molar refractivity (Wildman–Crippen MR) is 126 cm³/mol. The van der Waals surface area contributed by atoms with E-state index in [-0.39, 0.29) is 17.0 Å². The van der Waals surface area contributed by atoms with E-state index < -0.39 is 33.8 Å². The molecule has 0 heterocycles. The molecule has 0 saturated heterocycles. The molecule has 0 aliphatic rings. The largest absolute Gasteiger partial charge is 0.449 e. The zero-order chi connectivity index (χ0) is 24.9. The van der Waals surface area contributed by atoms with E-state index >= 15 is 0 Å². The van der Waals surface area contributed by atoms with E-state index in [0.717, 1.165) is 5.56 Å². The monoisotopic (exact) mass is 484 g/mol. The van der Waals surface area contributed by atoms with Gasteiger partial charge in [-0.2, -0.15) is 0 Å². The van der Waals surface area contributed by atoms with Crippen LogP contribution in [0.5, 0.6) is 0 Å². The van der Waals surface area contributed by atoms with Crippen molar-refractivity contribution in [3.05, 3.63) is 95.3 Å². The fourth-order valence-electron chi connectivity index (χ4n) is 3.18. The fourth-order valence-corrected chi connectivity index (χ4v) is 4.24. The van der Waals surface area contributed by atoms with Crippen molar-refractivity contribution in [2.24, 2.45) is 0 Å². The number of nitrogens with zero attached hydrogens (tertiary/aromatic N) is 1. The standard InChI is InChI=1S/C25H25FN2O5S/c1-17-7-11-22(12-8-17)27-34(31,32)23-13-9-20(10-14-23)25(30)33-18(2)24(29)28(3)16-19-5-4-6-21(26)15-19/h4-15,18,27H,16H2,1-3H3. The van der Waals surface area contributed by atoms with Gasteiger partial charge in [0.25, 0.3) is 15.9 Å². The zero-order valence-corrected chi connectivity index (χ0v) is 19.8. The second-order valence-corrected chi connectivity index (χ2v) is 9.55. The molecule has 34 heavy (non-hydrogen) atoms. The van der Waals surface area contributed by atoms with Gasteiger partial charge >= 0.3 is 5.97 Å². The van der Waals surface area contributed by atoms with Crippen LogP contribution in [0.2, 0.25) is 0 Å². The molecule has 1 amide bonds. The highest BCUT2D eigenvalue weighted by molar-refractivity contribution is 7.92. The Kier molecular flexibility index (Phi) is 7.68. The molecule has 3 rings (SSSR count). The molecule has 178 valence electrons. The molecule has 3 aromatic rings. The first kappa shape index (κ1) is 24.9. The van der Waals surface area contributed by atoms with Gasteiger partial charge in [-0.1, -0.05) is 29.8 Å². The Bertz CT molecular complexity index is 1280. The van der Waals surface area contributed by atoms with E-state index in [1.54, 1.807) is 36.4 Å². The number of nitrogens with one attached hydrogen (secondary N) is 1. The number of hydrogen-bond acceptors (Lipinski definition) is 5. The van der Waals surface area contributed by atoms with Gasteiger partial charge in [0, 0.05) is 19.3 Å². The summed E-state index contributed by atoms with van der Waals surface area (Å²) >= 11 is 0. The van der Waals surface area contributed by atoms with Gasteiger partial charge in [-0.25, -0.2) is 17.6 Å². The maximum atomic E-state index is 13.3. The third-order valence-corrected chi connectivity index (χ3v) is 6.42. The minimum Gasteiger partial charge on any atom is -0.449 e. The van der Waals surface area contributed by atoms with E-state index in [1.165, 1.54) is 55.3 Å². The van der Waals surface area contributed by atoms with Crippen LogP contribution in [0.1, 0.15) is 28.4 Å². The molecule has 0 bridgehead atoms. The average molecular weight is 485 g/mol. The predicted octanol–water partition coefficient (Wildman–Crippen LogP) is 4.14. The lowest BCUT2D eigenvalue weighted by Crippen LogP contribution is -2.37. The summed E-state index contributed by atoms with van der Waals surface area (Å²) in [6.07, 6.45) is -1.09. The molecule has 1 N–H and O–H groups in total. The summed E-state index contributed by atoms with van der Waals surface area (Å²) in [6, 6.07) is 18.0. The Morgan fingerprint density at radius 3 is 2.29 bits per heavy atom. The molecule has 9 heteroatoms. The number of carbonyl (C=O) groups is 2. The Labute approximate surface area is 198 Å². The highest BCUT2D eigenvalue weighted by Gasteiger charge is 2.23. The van der Waals surface area contributed by atoms with Crippen LogP contribution in [0.15, 0.2) is 77.7 Å². The van der Waals surface area contributed by atoms with Crippen LogP contribution in [0.25, 0.3) is 0 Å². The molecule has 0 aromatic heterocycles. The Morgan fingerprint density at radius 1 is 1.03 bits per heavy atom. The molecular formula is C25H25FN2O5S. The van der Waals surface area contributed by atoms with Crippen molar-refractivity contribution in [1.29, 1.82) is 0 Å². The second kappa shape index (κ2) is 10.5. The highest BCUT2D eigenvalue weighted by Crippen LogP contribution is 2.18. The minimum atomic E-state index is -3.84. The van der Waals surface area contributed by atoms with Gasteiger partial charge in [-0.05, 0) is 67.9 Å². The van der Waals surface area contributed by atoms with Crippen LogP contribution in [-0.2, 0) is 26.1 Å². The van der Waals surface area contributed by atoms with Gasteiger partial charge in [0.2, 0.25) is 0 Å². The van der Waals surface area contributed by atoms with Crippen molar-refractivity contribution in [3.8, 4) is 0 Å². The third kappa shape index (κ3) is 6.41. The Morgan fingerprint density at radius 2 is 1.68 bits per heavy atom. The molecule has 0 aliphatic heterocycles. The molecule has 0 saturated carbocycles. The fraction of sp³-hybridized carbons (Fsp3) is 0.200. The molecule has 1 unspecified atom stereocenters. The second-order valence-electron chi connectivity index (χ2n) is 7.87. The number of aryl methyl sites for hydroxylation is 1. The number of likely N-dealkylation sites (N-methyl/N-ethyl adjacent to an activating group) is 1. The van der Waals surface area contributed by atoms with Gasteiger partial charge in [-0.3, -0.25) is 9.52 Å². The van der Waals surface area contributed by atoms with Gasteiger partial charge < -0.3 is 9.64 Å². The number of anilines is 1. The van der Waals surface area contributed by atoms with Crippen molar-refractivity contribution in [3.63, 3.8) is 0 Å². The molecule has 0 aliphatic carbocycles. The summed E-state index contributed by atoms with van der Waals surface area (Å²) in [4.78, 5) is 26.3. The highest BCUT2D eigenvalue weighted by atomic mass is 32.2. The first-order valence-corrected chi connectivity index (χ1v) is 11.9. The smallest absolute Gasteiger partial charge is 0.338 e. The number of rotatable bonds is 8. The molecule has 3 aromatic carbocycles. The van der Waals surface area contributed by atoms with Gasteiger partial charge in [0.05, 0.1) is 10.5 Å². The molecular weight excluding hydrogens is 459 g/mol. The van der Waals surface area contributed by atoms with Gasteiger partial charge in [0.1, 0.15) is 5.82 Å². The number of halogens is 1. The van der Waals surface area contributed by atoms with E-state index in [0.29, 0.717) is 11.3 Å². The molecule has 0 spiro atoms. The third-order valence-electron chi connectivity index (χ3n) is 5.02. The molecule has 1 atom stereocenters. The van der Waals surface area contributed by atoms with Crippen LogP contribution in [0.4, 0.5) is 10.1 Å². The molecule has 0 fully saturated rings. The lowest BCUT2D eigenvalue weighted by Gasteiger charge is -2.21. The van der Waals surface area contributed by atoms with Crippen molar-refractivity contribution in [2.45, 2.75) is 31.4 Å². The summed E-state index contributed by atoms with van der Waals surface area (Å²) in [6.45, 7) is 3.48. The van der Waals surface area contributed by atoms with Gasteiger partial charge in [0.15, 0.2) is 6.10 Å². The summed E-state index contributed by atoms with van der Waals surface area (Å²) < 4.78 is 46.2. The van der Waals surface area contributed by atoms with Crippen molar-refractivity contribution in [1.82, 2.24) is 4.90 Å².